The van der Waals surface area contributed by atoms with E-state index in [1.54, 1.807) is 25.3 Å². The minimum atomic E-state index is -4.82. The van der Waals surface area contributed by atoms with Gasteiger partial charge < -0.3 is 19.9 Å². The molecule has 3 N–H and O–H groups in total. The third kappa shape index (κ3) is 7.13. The van der Waals surface area contributed by atoms with Crippen LogP contribution in [0.4, 0.5) is 23.1 Å². The van der Waals surface area contributed by atoms with Crippen LogP contribution in [0.2, 0.25) is 0 Å². The number of carbonyl (C=O) groups is 1. The summed E-state index contributed by atoms with van der Waals surface area (Å²) >= 11 is 1.27. The first-order valence-corrected chi connectivity index (χ1v) is 14.1. The Labute approximate surface area is 243 Å². The van der Waals surface area contributed by atoms with Gasteiger partial charge in [0.2, 0.25) is 0 Å². The molecular weight excluding hydrogens is 573 g/mol. The second-order valence-corrected chi connectivity index (χ2v) is 10.5. The van der Waals surface area contributed by atoms with Crippen LogP contribution >= 0.6 is 11.3 Å². The number of nitrogens with one attached hydrogen (secondary N) is 2. The number of pyridine rings is 2. The Balaban J connectivity index is 1.47. The first-order chi connectivity index (χ1) is 20.2. The predicted octanol–water partition coefficient (Wildman–Crippen LogP) is 4.87. The normalized spacial score (nSPS) is 15.0. The lowest BCUT2D eigenvalue weighted by atomic mass is 10.0. The third-order valence-electron chi connectivity index (χ3n) is 6.55. The molecule has 10 nitrogen and oxygen atoms in total. The smallest absolute Gasteiger partial charge is 0.420 e. The first-order valence-electron chi connectivity index (χ1n) is 13.3. The molecule has 42 heavy (non-hydrogen) atoms. The number of anilines is 1. The van der Waals surface area contributed by atoms with Crippen molar-refractivity contribution in [2.75, 3.05) is 51.3 Å². The van der Waals surface area contributed by atoms with E-state index >= 15 is 0 Å². The number of nitrogens with zero attached hydrogens (tertiary/aromatic N) is 4. The van der Waals surface area contributed by atoms with E-state index in [1.807, 2.05) is 12.1 Å². The average Bonchev–Trinajstić information content (AvgIpc) is 3.39. The van der Waals surface area contributed by atoms with Gasteiger partial charge in [-0.05, 0) is 36.8 Å². The van der Waals surface area contributed by atoms with Crippen molar-refractivity contribution in [3.63, 3.8) is 0 Å². The standard InChI is InChI=1S/C28H29F3N6O4S/c1-2-32-26(39)36-27-35-23-14-18(17-3-4-21(34-16-17)25(38)28(29,30)31)13-20(24(23)42-27)22-15-19(5-6-33-22)41-12-9-37-7-10-40-11-8-37/h3-6,13-16,25,38H,2,7-12H2,1H3,(H2,32,35,36,39). The predicted molar refractivity (Wildman–Crippen MR) is 153 cm³/mol. The molecule has 4 heterocycles. The number of rotatable bonds is 9. The number of thiazole rings is 1. The largest absolute Gasteiger partial charge is 0.492 e. The van der Waals surface area contributed by atoms with E-state index in [9.17, 15) is 23.1 Å². The molecule has 1 atom stereocenters. The van der Waals surface area contributed by atoms with E-state index in [2.05, 4.69) is 30.5 Å². The summed E-state index contributed by atoms with van der Waals surface area (Å²) < 4.78 is 51.0. The van der Waals surface area contributed by atoms with E-state index < -0.39 is 24.0 Å². The highest BCUT2D eigenvalue weighted by molar-refractivity contribution is 7.22. The minimum Gasteiger partial charge on any atom is -0.492 e. The minimum absolute atomic E-state index is 0.369. The Hall–Kier alpha value is -3.85. The number of alkyl halides is 3. The molecule has 0 saturated carbocycles. The van der Waals surface area contributed by atoms with E-state index in [0.29, 0.717) is 65.1 Å². The highest BCUT2D eigenvalue weighted by atomic mass is 32.1. The van der Waals surface area contributed by atoms with Gasteiger partial charge in [0.25, 0.3) is 0 Å². The number of hydrogen-bond donors (Lipinski definition) is 3. The highest BCUT2D eigenvalue weighted by Gasteiger charge is 2.40. The maximum absolute atomic E-state index is 13.0. The van der Waals surface area contributed by atoms with Gasteiger partial charge in [-0.2, -0.15) is 13.2 Å². The van der Waals surface area contributed by atoms with Crippen LogP contribution in [0.1, 0.15) is 18.7 Å². The molecule has 222 valence electrons. The van der Waals surface area contributed by atoms with Crippen LogP contribution in [0.3, 0.4) is 0 Å². The molecular formula is C28H29F3N6O4S. The van der Waals surface area contributed by atoms with Crippen molar-refractivity contribution in [2.24, 2.45) is 0 Å². The molecule has 1 fully saturated rings. The molecule has 2 amide bonds. The summed E-state index contributed by atoms with van der Waals surface area (Å²) in [5.74, 6) is 0.629. The summed E-state index contributed by atoms with van der Waals surface area (Å²) in [5, 5.41) is 15.3. The topological polar surface area (TPSA) is 122 Å². The number of aliphatic hydroxyl groups excluding tert-OH is 1. The van der Waals surface area contributed by atoms with Gasteiger partial charge in [0.15, 0.2) is 11.2 Å². The number of aromatic nitrogens is 3. The maximum atomic E-state index is 13.0. The van der Waals surface area contributed by atoms with Gasteiger partial charge in [0.1, 0.15) is 12.4 Å². The molecule has 14 heteroatoms. The number of hydrogen-bond acceptors (Lipinski definition) is 9. The molecule has 3 aromatic heterocycles. The number of morpholine rings is 1. The second kappa shape index (κ2) is 13.0. The first kappa shape index (κ1) is 29.6. The van der Waals surface area contributed by atoms with Crippen LogP contribution in [0.5, 0.6) is 5.75 Å². The molecule has 1 unspecified atom stereocenters. The van der Waals surface area contributed by atoms with Crippen LogP contribution in [0, 0.1) is 0 Å². The Morgan fingerprint density at radius 2 is 1.98 bits per heavy atom. The molecule has 0 radical (unpaired) electrons. The van der Waals surface area contributed by atoms with Crippen molar-refractivity contribution in [1.29, 1.82) is 0 Å². The van der Waals surface area contributed by atoms with Crippen LogP contribution in [0.15, 0.2) is 48.8 Å². The number of urea groups is 1. The van der Waals surface area contributed by atoms with Gasteiger partial charge in [-0.3, -0.25) is 20.2 Å². The lowest BCUT2D eigenvalue weighted by Crippen LogP contribution is -2.38. The van der Waals surface area contributed by atoms with Crippen molar-refractivity contribution in [1.82, 2.24) is 25.2 Å². The quantitative estimate of drug-likeness (QED) is 0.248. The fourth-order valence-electron chi connectivity index (χ4n) is 4.42. The third-order valence-corrected chi connectivity index (χ3v) is 7.56. The lowest BCUT2D eigenvalue weighted by Gasteiger charge is -2.26. The summed E-state index contributed by atoms with van der Waals surface area (Å²) in [4.78, 5) is 27.4. The molecule has 1 aliphatic rings. The monoisotopic (exact) mass is 602 g/mol. The van der Waals surface area contributed by atoms with E-state index in [0.717, 1.165) is 30.4 Å². The fraction of sp³-hybridized carbons (Fsp3) is 0.357. The van der Waals surface area contributed by atoms with Gasteiger partial charge in [0.05, 0.1) is 34.8 Å². The van der Waals surface area contributed by atoms with Crippen molar-refractivity contribution in [3.05, 3.63) is 54.5 Å². The molecule has 1 saturated heterocycles. The van der Waals surface area contributed by atoms with Crippen molar-refractivity contribution >= 4 is 32.7 Å². The zero-order chi connectivity index (χ0) is 29.7. The molecule has 0 spiro atoms. The molecule has 1 aliphatic heterocycles. The summed E-state index contributed by atoms with van der Waals surface area (Å²) in [6.45, 7) is 6.63. The Bertz CT molecular complexity index is 1530. The molecule has 0 bridgehead atoms. The summed E-state index contributed by atoms with van der Waals surface area (Å²) in [7, 11) is 0. The Kier molecular flexibility index (Phi) is 9.16. The van der Waals surface area contributed by atoms with Crippen LogP contribution in [-0.4, -0.2) is 83.2 Å². The van der Waals surface area contributed by atoms with Crippen molar-refractivity contribution < 1.29 is 32.5 Å². The van der Waals surface area contributed by atoms with Crippen LogP contribution < -0.4 is 15.4 Å². The summed E-state index contributed by atoms with van der Waals surface area (Å²) in [6.07, 6.45) is -4.59. The van der Waals surface area contributed by atoms with E-state index in [1.165, 1.54) is 23.6 Å². The number of carbonyl (C=O) groups excluding carboxylic acids is 1. The lowest BCUT2D eigenvalue weighted by molar-refractivity contribution is -0.207. The number of aliphatic hydroxyl groups is 1. The molecule has 4 aromatic rings. The summed E-state index contributed by atoms with van der Waals surface area (Å²) in [5.41, 5.74) is 2.48. The zero-order valence-corrected chi connectivity index (χ0v) is 23.5. The van der Waals surface area contributed by atoms with Gasteiger partial charge in [-0.15, -0.1) is 0 Å². The number of fused-ring (bicyclic) bond motifs is 1. The molecule has 1 aromatic carbocycles. The zero-order valence-electron chi connectivity index (χ0n) is 22.6. The average molecular weight is 603 g/mol. The van der Waals surface area contributed by atoms with Crippen molar-refractivity contribution in [2.45, 2.75) is 19.2 Å². The Morgan fingerprint density at radius 3 is 2.69 bits per heavy atom. The number of benzene rings is 1. The van der Waals surface area contributed by atoms with E-state index in [4.69, 9.17) is 9.47 Å². The Morgan fingerprint density at radius 1 is 1.17 bits per heavy atom. The van der Waals surface area contributed by atoms with E-state index in [-0.39, 0.29) is 0 Å². The van der Waals surface area contributed by atoms with Gasteiger partial charge in [-0.1, -0.05) is 17.4 Å². The SMILES string of the molecule is CCNC(=O)Nc1nc2cc(-c3ccc(C(O)C(F)(F)F)nc3)cc(-c3cc(OCCN4CCOCC4)ccn3)c2s1. The van der Waals surface area contributed by atoms with Crippen LogP contribution in [-0.2, 0) is 4.74 Å². The molecule has 0 aliphatic carbocycles. The molecule has 5 rings (SSSR count). The number of halogens is 3. The number of amides is 2. The van der Waals surface area contributed by atoms with Gasteiger partial charge >= 0.3 is 12.2 Å². The second-order valence-electron chi connectivity index (χ2n) is 9.47. The fourth-order valence-corrected chi connectivity index (χ4v) is 5.38. The maximum Gasteiger partial charge on any atom is 0.420 e. The van der Waals surface area contributed by atoms with Gasteiger partial charge in [-0.25, -0.2) is 9.78 Å². The van der Waals surface area contributed by atoms with Gasteiger partial charge in [0, 0.05) is 55.8 Å². The number of ether oxygens (including phenoxy) is 2. The van der Waals surface area contributed by atoms with Crippen molar-refractivity contribution in [3.8, 4) is 28.1 Å². The highest BCUT2D eigenvalue weighted by Crippen LogP contribution is 2.39. The summed E-state index contributed by atoms with van der Waals surface area (Å²) in [6, 6.07) is 9.39. The van der Waals surface area contributed by atoms with Crippen LogP contribution in [0.25, 0.3) is 32.6 Å².